The van der Waals surface area contributed by atoms with Gasteiger partial charge in [0.2, 0.25) is 0 Å². The van der Waals surface area contributed by atoms with Gasteiger partial charge in [0.1, 0.15) is 12.1 Å². The smallest absolute Gasteiger partial charge is 0.147 e. The Morgan fingerprint density at radius 3 is 2.76 bits per heavy atom. The van der Waals surface area contributed by atoms with Crippen LogP contribution in [0.25, 0.3) is 10.2 Å². The van der Waals surface area contributed by atoms with E-state index in [4.69, 9.17) is 11.6 Å². The molecule has 0 aliphatic carbocycles. The highest BCUT2D eigenvalue weighted by Crippen LogP contribution is 2.31. The molecule has 1 atom stereocenters. The summed E-state index contributed by atoms with van der Waals surface area (Å²) in [6, 6.07) is 0. The van der Waals surface area contributed by atoms with Gasteiger partial charge in [0, 0.05) is 5.54 Å². The summed E-state index contributed by atoms with van der Waals surface area (Å²) in [5.41, 5.74) is 2.00. The fourth-order valence-electron chi connectivity index (χ4n) is 1.46. The topological polar surface area (TPSA) is 37.8 Å². The van der Waals surface area contributed by atoms with E-state index in [1.165, 1.54) is 5.56 Å². The average Bonchev–Trinajstić information content (AvgIpc) is 2.61. The van der Waals surface area contributed by atoms with E-state index in [9.17, 15) is 0 Å². The second-order valence-corrected chi connectivity index (χ2v) is 6.32. The highest BCUT2D eigenvalue weighted by molar-refractivity contribution is 7.18. The van der Waals surface area contributed by atoms with Crippen LogP contribution in [0.4, 0.5) is 5.82 Å². The van der Waals surface area contributed by atoms with Crippen LogP contribution in [0.1, 0.15) is 26.3 Å². The Kier molecular flexibility index (Phi) is 3.27. The molecule has 17 heavy (non-hydrogen) atoms. The third kappa shape index (κ3) is 2.38. The van der Waals surface area contributed by atoms with Crippen molar-refractivity contribution < 1.29 is 0 Å². The SMILES string of the molecule is Cc1csc2c(NC(C)(C)C(C)Cl)ncnc12. The number of hydrogen-bond donors (Lipinski definition) is 1. The van der Waals surface area contributed by atoms with Gasteiger partial charge < -0.3 is 5.32 Å². The lowest BCUT2D eigenvalue weighted by Crippen LogP contribution is -2.39. The van der Waals surface area contributed by atoms with Crippen molar-refractivity contribution in [2.45, 2.75) is 38.6 Å². The lowest BCUT2D eigenvalue weighted by molar-refractivity contribution is 0.553. The molecular weight excluding hydrogens is 254 g/mol. The molecule has 2 aromatic rings. The van der Waals surface area contributed by atoms with Crippen molar-refractivity contribution in [2.75, 3.05) is 5.32 Å². The number of nitrogens with one attached hydrogen (secondary N) is 1. The van der Waals surface area contributed by atoms with Gasteiger partial charge in [-0.25, -0.2) is 9.97 Å². The zero-order valence-corrected chi connectivity index (χ0v) is 12.0. The van der Waals surface area contributed by atoms with Gasteiger partial charge in [0.15, 0.2) is 0 Å². The molecule has 0 aliphatic heterocycles. The third-order valence-electron chi connectivity index (χ3n) is 2.97. The van der Waals surface area contributed by atoms with Crippen molar-refractivity contribution >= 4 is 39.0 Å². The summed E-state index contributed by atoms with van der Waals surface area (Å²) in [5.74, 6) is 0.866. The number of aryl methyl sites for hydroxylation is 1. The van der Waals surface area contributed by atoms with Gasteiger partial charge in [-0.05, 0) is 38.6 Å². The van der Waals surface area contributed by atoms with Crippen LogP contribution in [0.2, 0.25) is 0 Å². The summed E-state index contributed by atoms with van der Waals surface area (Å²) >= 11 is 7.84. The van der Waals surface area contributed by atoms with Crippen LogP contribution in [-0.4, -0.2) is 20.9 Å². The second kappa shape index (κ2) is 4.42. The van der Waals surface area contributed by atoms with Crippen molar-refractivity contribution in [2.24, 2.45) is 0 Å². The van der Waals surface area contributed by atoms with Gasteiger partial charge >= 0.3 is 0 Å². The van der Waals surface area contributed by atoms with Crippen molar-refractivity contribution in [3.05, 3.63) is 17.3 Å². The first-order chi connectivity index (χ1) is 7.92. The Bertz CT molecular complexity index is 534. The molecule has 0 aromatic carbocycles. The number of hydrogen-bond acceptors (Lipinski definition) is 4. The number of rotatable bonds is 3. The van der Waals surface area contributed by atoms with Gasteiger partial charge in [-0.3, -0.25) is 0 Å². The lowest BCUT2D eigenvalue weighted by Gasteiger charge is -2.29. The van der Waals surface area contributed by atoms with Crippen LogP contribution in [-0.2, 0) is 0 Å². The minimum Gasteiger partial charge on any atom is -0.362 e. The van der Waals surface area contributed by atoms with Crippen LogP contribution >= 0.6 is 22.9 Å². The molecule has 0 saturated heterocycles. The summed E-state index contributed by atoms with van der Waals surface area (Å²) < 4.78 is 1.09. The molecule has 2 aromatic heterocycles. The molecule has 3 nitrogen and oxygen atoms in total. The second-order valence-electron chi connectivity index (χ2n) is 4.78. The summed E-state index contributed by atoms with van der Waals surface area (Å²) in [7, 11) is 0. The molecule has 1 N–H and O–H groups in total. The Hall–Kier alpha value is -0.870. The van der Waals surface area contributed by atoms with Crippen LogP contribution in [0.15, 0.2) is 11.7 Å². The largest absolute Gasteiger partial charge is 0.362 e. The van der Waals surface area contributed by atoms with Gasteiger partial charge in [-0.15, -0.1) is 22.9 Å². The van der Waals surface area contributed by atoms with Crippen molar-refractivity contribution in [3.8, 4) is 0 Å². The standard InChI is InChI=1S/C12H16ClN3S/c1-7-5-17-10-9(7)14-6-15-11(10)16-12(3,4)8(2)13/h5-6,8H,1-4H3,(H,14,15,16). The number of alkyl halides is 1. The molecule has 0 amide bonds. The zero-order valence-electron chi connectivity index (χ0n) is 10.4. The number of nitrogens with zero attached hydrogens (tertiary/aromatic N) is 2. The monoisotopic (exact) mass is 269 g/mol. The Morgan fingerprint density at radius 1 is 1.41 bits per heavy atom. The number of thiophene rings is 1. The number of fused-ring (bicyclic) bond motifs is 1. The van der Waals surface area contributed by atoms with Gasteiger partial charge in [0.05, 0.1) is 15.6 Å². The predicted molar refractivity (Wildman–Crippen MR) is 75.2 cm³/mol. The molecule has 5 heteroatoms. The Balaban J connectivity index is 2.43. The number of anilines is 1. The highest BCUT2D eigenvalue weighted by Gasteiger charge is 2.25. The van der Waals surface area contributed by atoms with Gasteiger partial charge in [-0.2, -0.15) is 0 Å². The quantitative estimate of drug-likeness (QED) is 0.861. The van der Waals surface area contributed by atoms with E-state index in [1.54, 1.807) is 17.7 Å². The fourth-order valence-corrected chi connectivity index (χ4v) is 2.46. The first kappa shape index (κ1) is 12.6. The third-order valence-corrected chi connectivity index (χ3v) is 4.61. The summed E-state index contributed by atoms with van der Waals surface area (Å²) in [5, 5.41) is 5.51. The summed E-state index contributed by atoms with van der Waals surface area (Å²) in [6.45, 7) is 8.18. The molecule has 0 radical (unpaired) electrons. The van der Waals surface area contributed by atoms with Crippen LogP contribution in [0.3, 0.4) is 0 Å². The minimum atomic E-state index is -0.208. The summed E-state index contributed by atoms with van der Waals surface area (Å²) in [6.07, 6.45) is 1.60. The molecular formula is C12H16ClN3S. The van der Waals surface area contributed by atoms with E-state index in [1.807, 2.05) is 6.92 Å². The van der Waals surface area contributed by atoms with E-state index >= 15 is 0 Å². The normalized spacial score (nSPS) is 13.9. The molecule has 92 valence electrons. The first-order valence-electron chi connectivity index (χ1n) is 5.53. The van der Waals surface area contributed by atoms with E-state index in [-0.39, 0.29) is 10.9 Å². The molecule has 0 aliphatic rings. The zero-order chi connectivity index (χ0) is 12.6. The Labute approximate surface area is 110 Å². The van der Waals surface area contributed by atoms with Crippen LogP contribution < -0.4 is 5.32 Å². The average molecular weight is 270 g/mol. The molecule has 0 saturated carbocycles. The van der Waals surface area contributed by atoms with E-state index in [0.29, 0.717) is 0 Å². The Morgan fingerprint density at radius 2 is 2.12 bits per heavy atom. The van der Waals surface area contributed by atoms with Crippen LogP contribution in [0.5, 0.6) is 0 Å². The first-order valence-corrected chi connectivity index (χ1v) is 6.84. The predicted octanol–water partition coefficient (Wildman–Crippen LogP) is 3.82. The van der Waals surface area contributed by atoms with Gasteiger partial charge in [-0.1, -0.05) is 0 Å². The van der Waals surface area contributed by atoms with Crippen LogP contribution in [0, 0.1) is 6.92 Å². The minimum absolute atomic E-state index is 0.00794. The molecule has 1 unspecified atom stereocenters. The molecule has 2 heterocycles. The van der Waals surface area contributed by atoms with Crippen molar-refractivity contribution in [1.82, 2.24) is 9.97 Å². The maximum atomic E-state index is 6.17. The highest BCUT2D eigenvalue weighted by atomic mass is 35.5. The molecule has 0 spiro atoms. The molecule has 0 bridgehead atoms. The maximum absolute atomic E-state index is 6.17. The van der Waals surface area contributed by atoms with E-state index in [2.05, 4.69) is 41.4 Å². The van der Waals surface area contributed by atoms with Crippen molar-refractivity contribution in [3.63, 3.8) is 0 Å². The maximum Gasteiger partial charge on any atom is 0.147 e. The molecule has 2 rings (SSSR count). The fraction of sp³-hybridized carbons (Fsp3) is 0.500. The van der Waals surface area contributed by atoms with Crippen molar-refractivity contribution in [1.29, 1.82) is 0 Å². The van der Waals surface area contributed by atoms with E-state index < -0.39 is 0 Å². The number of aromatic nitrogens is 2. The van der Waals surface area contributed by atoms with E-state index in [0.717, 1.165) is 16.0 Å². The lowest BCUT2D eigenvalue weighted by atomic mass is 10.0. The number of halogens is 1. The summed E-state index contributed by atoms with van der Waals surface area (Å²) in [4.78, 5) is 8.62. The van der Waals surface area contributed by atoms with Gasteiger partial charge in [0.25, 0.3) is 0 Å². The molecule has 0 fully saturated rings.